The minimum atomic E-state index is -0.336. The first-order valence-corrected chi connectivity index (χ1v) is 8.02. The smallest absolute Gasteiger partial charge is 0.245 e. The van der Waals surface area contributed by atoms with Crippen LogP contribution in [0.2, 0.25) is 0 Å². The van der Waals surface area contributed by atoms with Crippen molar-refractivity contribution in [3.63, 3.8) is 0 Å². The summed E-state index contributed by atoms with van der Waals surface area (Å²) in [6.45, 7) is 4.87. The highest BCUT2D eigenvalue weighted by atomic mass is 32.2. The molecule has 0 aromatic heterocycles. The van der Waals surface area contributed by atoms with Gasteiger partial charge in [0, 0.05) is 6.54 Å². The van der Waals surface area contributed by atoms with Gasteiger partial charge in [0.25, 0.3) is 0 Å². The number of carbonyl (C=O) groups is 2. The van der Waals surface area contributed by atoms with Crippen LogP contribution in [0.3, 0.4) is 0 Å². The van der Waals surface area contributed by atoms with E-state index in [1.807, 2.05) is 25.6 Å². The van der Waals surface area contributed by atoms with Crippen LogP contribution in [0.4, 0.5) is 0 Å². The lowest BCUT2D eigenvalue weighted by Gasteiger charge is -2.34. The van der Waals surface area contributed by atoms with Crippen molar-refractivity contribution in [1.29, 1.82) is 0 Å². The molecule has 0 bridgehead atoms. The van der Waals surface area contributed by atoms with E-state index in [0.717, 1.165) is 12.8 Å². The molecular formula is C13H24N2O2S. The van der Waals surface area contributed by atoms with Gasteiger partial charge in [-0.2, -0.15) is 11.8 Å². The number of unbranched alkanes of at least 4 members (excludes halogenated alkanes) is 2. The van der Waals surface area contributed by atoms with Gasteiger partial charge in [-0.15, -0.1) is 0 Å². The third-order valence-corrected chi connectivity index (χ3v) is 3.87. The molecule has 5 heteroatoms. The van der Waals surface area contributed by atoms with Gasteiger partial charge in [0.05, 0.1) is 6.54 Å². The molecule has 1 saturated heterocycles. The third kappa shape index (κ3) is 4.52. The van der Waals surface area contributed by atoms with Crippen LogP contribution in [0.15, 0.2) is 0 Å². The lowest BCUT2D eigenvalue weighted by molar-refractivity contribution is -0.145. The number of nitrogens with one attached hydrogen (secondary N) is 1. The summed E-state index contributed by atoms with van der Waals surface area (Å²) in [5.74, 6) is 1.37. The van der Waals surface area contributed by atoms with Gasteiger partial charge in [-0.3, -0.25) is 9.59 Å². The lowest BCUT2D eigenvalue weighted by atomic mass is 10.0. The van der Waals surface area contributed by atoms with E-state index in [2.05, 4.69) is 11.6 Å². The summed E-state index contributed by atoms with van der Waals surface area (Å²) >= 11 is 1.85. The number of hydrogen-bond acceptors (Lipinski definition) is 3. The third-order valence-electron chi connectivity index (χ3n) is 3.17. The molecule has 1 fully saturated rings. The summed E-state index contributed by atoms with van der Waals surface area (Å²) in [6.07, 6.45) is 5.40. The summed E-state index contributed by atoms with van der Waals surface area (Å²) in [4.78, 5) is 25.4. The largest absolute Gasteiger partial charge is 0.343 e. The highest BCUT2D eigenvalue weighted by Crippen LogP contribution is 2.12. The molecule has 104 valence electrons. The molecule has 0 radical (unpaired) electrons. The van der Waals surface area contributed by atoms with Gasteiger partial charge in [-0.25, -0.2) is 0 Å². The van der Waals surface area contributed by atoms with Gasteiger partial charge in [0.1, 0.15) is 6.04 Å². The summed E-state index contributed by atoms with van der Waals surface area (Å²) in [5.41, 5.74) is 0. The summed E-state index contributed by atoms with van der Waals surface area (Å²) in [7, 11) is 0. The molecule has 0 saturated carbocycles. The predicted molar refractivity (Wildman–Crippen MR) is 75.6 cm³/mol. The fourth-order valence-electron chi connectivity index (χ4n) is 2.10. The molecule has 0 spiro atoms. The van der Waals surface area contributed by atoms with Crippen LogP contribution in [-0.2, 0) is 9.59 Å². The van der Waals surface area contributed by atoms with E-state index in [1.54, 1.807) is 4.90 Å². The van der Waals surface area contributed by atoms with Crippen molar-refractivity contribution in [2.45, 2.75) is 39.2 Å². The number of piperazine rings is 1. The quantitative estimate of drug-likeness (QED) is 0.715. The molecule has 4 nitrogen and oxygen atoms in total. The second-order valence-corrected chi connectivity index (χ2v) is 6.09. The molecule has 1 heterocycles. The van der Waals surface area contributed by atoms with E-state index in [4.69, 9.17) is 0 Å². The van der Waals surface area contributed by atoms with Crippen molar-refractivity contribution in [2.24, 2.45) is 5.92 Å². The van der Waals surface area contributed by atoms with Gasteiger partial charge in [-0.05, 0) is 30.8 Å². The first-order valence-electron chi connectivity index (χ1n) is 6.63. The molecule has 1 aliphatic heterocycles. The monoisotopic (exact) mass is 272 g/mol. The molecule has 0 aliphatic carbocycles. The number of thioether (sulfide) groups is 1. The highest BCUT2D eigenvalue weighted by molar-refractivity contribution is 7.98. The molecule has 1 aliphatic rings. The second kappa shape index (κ2) is 7.67. The van der Waals surface area contributed by atoms with Crippen molar-refractivity contribution >= 4 is 23.6 Å². The van der Waals surface area contributed by atoms with Crippen LogP contribution >= 0.6 is 11.8 Å². The number of carbonyl (C=O) groups excluding carboxylic acids is 2. The highest BCUT2D eigenvalue weighted by Gasteiger charge is 2.33. The van der Waals surface area contributed by atoms with Crippen LogP contribution in [0, 0.1) is 5.92 Å². The van der Waals surface area contributed by atoms with Crippen LogP contribution in [0.1, 0.15) is 33.1 Å². The SMILES string of the molecule is CSCCCCCN1CC(=O)NC(C(C)C)C1=O. The van der Waals surface area contributed by atoms with Crippen molar-refractivity contribution in [2.75, 3.05) is 25.1 Å². The minimum Gasteiger partial charge on any atom is -0.343 e. The predicted octanol–water partition coefficient (Wildman–Crippen LogP) is 1.50. The molecule has 1 atom stereocenters. The Morgan fingerprint density at radius 3 is 2.67 bits per heavy atom. The topological polar surface area (TPSA) is 49.4 Å². The van der Waals surface area contributed by atoms with Crippen molar-refractivity contribution in [3.8, 4) is 0 Å². The van der Waals surface area contributed by atoms with Gasteiger partial charge in [-0.1, -0.05) is 20.3 Å². The van der Waals surface area contributed by atoms with E-state index >= 15 is 0 Å². The van der Waals surface area contributed by atoms with Gasteiger partial charge in [0.15, 0.2) is 0 Å². The average Bonchev–Trinajstić information content (AvgIpc) is 2.32. The zero-order chi connectivity index (χ0) is 13.5. The molecule has 1 rings (SSSR count). The minimum absolute atomic E-state index is 0.0302. The Bertz CT molecular complexity index is 295. The van der Waals surface area contributed by atoms with Crippen LogP contribution in [0.5, 0.6) is 0 Å². The first kappa shape index (κ1) is 15.3. The van der Waals surface area contributed by atoms with Crippen LogP contribution < -0.4 is 5.32 Å². The Morgan fingerprint density at radius 1 is 1.33 bits per heavy atom. The molecule has 18 heavy (non-hydrogen) atoms. The van der Waals surface area contributed by atoms with Gasteiger partial charge in [0.2, 0.25) is 11.8 Å². The van der Waals surface area contributed by atoms with Crippen molar-refractivity contribution in [3.05, 3.63) is 0 Å². The Balaban J connectivity index is 2.39. The molecular weight excluding hydrogens is 248 g/mol. The summed E-state index contributed by atoms with van der Waals surface area (Å²) < 4.78 is 0. The molecule has 2 amide bonds. The van der Waals surface area contributed by atoms with Gasteiger partial charge >= 0.3 is 0 Å². The normalized spacial score (nSPS) is 20.4. The zero-order valence-corrected chi connectivity index (χ0v) is 12.4. The van der Waals surface area contributed by atoms with E-state index in [-0.39, 0.29) is 30.3 Å². The van der Waals surface area contributed by atoms with Crippen molar-refractivity contribution < 1.29 is 9.59 Å². The Hall–Kier alpha value is -0.710. The summed E-state index contributed by atoms with van der Waals surface area (Å²) in [5, 5.41) is 2.77. The molecule has 0 aromatic carbocycles. The van der Waals surface area contributed by atoms with E-state index in [9.17, 15) is 9.59 Å². The number of nitrogens with zero attached hydrogens (tertiary/aromatic N) is 1. The average molecular weight is 272 g/mol. The lowest BCUT2D eigenvalue weighted by Crippen LogP contribution is -2.59. The Kier molecular flexibility index (Phi) is 6.54. The maximum atomic E-state index is 12.1. The standard InChI is InChI=1S/C13H24N2O2S/c1-10(2)12-13(17)15(9-11(16)14-12)7-5-4-6-8-18-3/h10,12H,4-9H2,1-3H3,(H,14,16). The maximum Gasteiger partial charge on any atom is 0.245 e. The Morgan fingerprint density at radius 2 is 2.06 bits per heavy atom. The van der Waals surface area contributed by atoms with E-state index in [1.165, 1.54) is 12.2 Å². The maximum absolute atomic E-state index is 12.1. The first-order chi connectivity index (χ1) is 8.56. The van der Waals surface area contributed by atoms with Gasteiger partial charge < -0.3 is 10.2 Å². The molecule has 0 aromatic rings. The van der Waals surface area contributed by atoms with E-state index < -0.39 is 0 Å². The Labute approximate surface area is 114 Å². The number of hydrogen-bond donors (Lipinski definition) is 1. The fourth-order valence-corrected chi connectivity index (χ4v) is 2.59. The zero-order valence-electron chi connectivity index (χ0n) is 11.6. The van der Waals surface area contributed by atoms with Crippen LogP contribution in [-0.4, -0.2) is 47.9 Å². The van der Waals surface area contributed by atoms with E-state index in [0.29, 0.717) is 6.54 Å². The second-order valence-electron chi connectivity index (χ2n) is 5.10. The molecule has 1 unspecified atom stereocenters. The van der Waals surface area contributed by atoms with Crippen LogP contribution in [0.25, 0.3) is 0 Å². The number of amides is 2. The fraction of sp³-hybridized carbons (Fsp3) is 0.846. The summed E-state index contributed by atoms with van der Waals surface area (Å²) in [6, 6.07) is -0.336. The molecule has 1 N–H and O–H groups in total. The number of rotatable bonds is 7. The van der Waals surface area contributed by atoms with Crippen molar-refractivity contribution in [1.82, 2.24) is 10.2 Å².